The largest absolute Gasteiger partial charge is 0.497 e. The maximum Gasteiger partial charge on any atom is 0.339 e. The number of aromatic nitrogens is 1. The number of methoxy groups -OCH3 is 2. The first-order valence-electron chi connectivity index (χ1n) is 7.79. The summed E-state index contributed by atoms with van der Waals surface area (Å²) in [5.74, 6) is 0.261. The van der Waals surface area contributed by atoms with Gasteiger partial charge in [-0.25, -0.2) is 4.79 Å². The molecule has 0 saturated heterocycles. The van der Waals surface area contributed by atoms with Crippen LogP contribution in [0.5, 0.6) is 5.75 Å². The monoisotopic (exact) mass is 413 g/mol. The molecule has 0 aliphatic carbocycles. The summed E-state index contributed by atoms with van der Waals surface area (Å²) in [5.41, 5.74) is 2.98. The molecule has 3 rings (SSSR count). The lowest BCUT2D eigenvalue weighted by atomic mass is 10.1. The molecule has 0 bridgehead atoms. The summed E-state index contributed by atoms with van der Waals surface area (Å²) in [7, 11) is 2.93. The van der Waals surface area contributed by atoms with Crippen molar-refractivity contribution in [1.82, 2.24) is 4.57 Å². The van der Waals surface area contributed by atoms with Gasteiger partial charge in [0.15, 0.2) is 6.29 Å². The van der Waals surface area contributed by atoms with Crippen molar-refractivity contribution in [3.63, 3.8) is 0 Å². The molecule has 26 heavy (non-hydrogen) atoms. The van der Waals surface area contributed by atoms with Gasteiger partial charge in [-0.3, -0.25) is 4.79 Å². The molecule has 0 amide bonds. The highest BCUT2D eigenvalue weighted by molar-refractivity contribution is 9.10. The van der Waals surface area contributed by atoms with Crippen molar-refractivity contribution in [3.05, 3.63) is 70.3 Å². The number of nitrogens with zero attached hydrogens (tertiary/aromatic N) is 1. The summed E-state index contributed by atoms with van der Waals surface area (Å²) in [6.45, 7) is 0. The van der Waals surface area contributed by atoms with Crippen LogP contribution >= 0.6 is 15.9 Å². The average molecular weight is 414 g/mol. The van der Waals surface area contributed by atoms with Crippen molar-refractivity contribution in [1.29, 1.82) is 0 Å². The van der Waals surface area contributed by atoms with Crippen LogP contribution in [-0.2, 0) is 4.74 Å². The number of para-hydroxylation sites is 1. The molecule has 1 heterocycles. The van der Waals surface area contributed by atoms with E-state index in [1.54, 1.807) is 35.9 Å². The van der Waals surface area contributed by atoms with Gasteiger partial charge in [0.25, 0.3) is 0 Å². The smallest absolute Gasteiger partial charge is 0.339 e. The van der Waals surface area contributed by atoms with Gasteiger partial charge < -0.3 is 14.0 Å². The van der Waals surface area contributed by atoms with E-state index in [1.165, 1.54) is 7.11 Å². The van der Waals surface area contributed by atoms with Gasteiger partial charge in [-0.05, 0) is 64.0 Å². The van der Waals surface area contributed by atoms with Crippen molar-refractivity contribution in [2.24, 2.45) is 0 Å². The number of hydrogen-bond donors (Lipinski definition) is 0. The van der Waals surface area contributed by atoms with E-state index >= 15 is 0 Å². The topological polar surface area (TPSA) is 57.5 Å². The molecular formula is C20H16BrNO4. The van der Waals surface area contributed by atoms with Gasteiger partial charge in [0.05, 0.1) is 36.9 Å². The number of hydrogen-bond acceptors (Lipinski definition) is 4. The van der Waals surface area contributed by atoms with Crippen LogP contribution in [0.25, 0.3) is 16.9 Å². The predicted molar refractivity (Wildman–Crippen MR) is 102 cm³/mol. The van der Waals surface area contributed by atoms with Gasteiger partial charge >= 0.3 is 5.97 Å². The maximum atomic E-state index is 12.2. The summed E-state index contributed by atoms with van der Waals surface area (Å²) < 4.78 is 12.6. The lowest BCUT2D eigenvalue weighted by molar-refractivity contribution is 0.0600. The molecule has 3 aromatic rings. The van der Waals surface area contributed by atoms with Crippen molar-refractivity contribution in [2.45, 2.75) is 0 Å². The fraction of sp³-hybridized carbons (Fsp3) is 0.100. The van der Waals surface area contributed by atoms with Gasteiger partial charge in [-0.15, -0.1) is 0 Å². The van der Waals surface area contributed by atoms with Gasteiger partial charge in [0, 0.05) is 4.47 Å². The third kappa shape index (κ3) is 3.15. The van der Waals surface area contributed by atoms with Crippen LogP contribution in [0.3, 0.4) is 0 Å². The van der Waals surface area contributed by atoms with E-state index in [1.807, 2.05) is 30.3 Å². The highest BCUT2D eigenvalue weighted by atomic mass is 79.9. The van der Waals surface area contributed by atoms with Crippen LogP contribution in [0.1, 0.15) is 20.8 Å². The summed E-state index contributed by atoms with van der Waals surface area (Å²) in [4.78, 5) is 23.9. The van der Waals surface area contributed by atoms with Crippen LogP contribution in [-0.4, -0.2) is 31.0 Å². The minimum Gasteiger partial charge on any atom is -0.497 e. The van der Waals surface area contributed by atoms with Crippen molar-refractivity contribution in [3.8, 4) is 22.7 Å². The first-order valence-corrected chi connectivity index (χ1v) is 8.58. The van der Waals surface area contributed by atoms with E-state index in [-0.39, 0.29) is 0 Å². The molecule has 132 valence electrons. The number of halogens is 1. The molecule has 0 fully saturated rings. The summed E-state index contributed by atoms with van der Waals surface area (Å²) >= 11 is 3.53. The van der Waals surface area contributed by atoms with Crippen molar-refractivity contribution < 1.29 is 19.1 Å². The van der Waals surface area contributed by atoms with Crippen molar-refractivity contribution >= 4 is 28.2 Å². The standard InChI is InChI=1S/C20H16BrNO4/c1-25-15-9-7-13(8-10-15)19-17(21)11-14(12-23)22(19)18-6-4-3-5-16(18)20(24)26-2/h3-12H,1-2H3. The Labute approximate surface area is 159 Å². The highest BCUT2D eigenvalue weighted by Crippen LogP contribution is 2.35. The van der Waals surface area contributed by atoms with Crippen LogP contribution in [0.2, 0.25) is 0 Å². The number of ether oxygens (including phenoxy) is 2. The maximum absolute atomic E-state index is 12.2. The Morgan fingerprint density at radius 3 is 2.38 bits per heavy atom. The highest BCUT2D eigenvalue weighted by Gasteiger charge is 2.21. The first-order chi connectivity index (χ1) is 12.6. The van der Waals surface area contributed by atoms with Crippen LogP contribution in [0, 0.1) is 0 Å². The number of rotatable bonds is 5. The molecular weight excluding hydrogens is 398 g/mol. The molecule has 0 aliphatic rings. The van der Waals surface area contributed by atoms with Crippen LogP contribution in [0.4, 0.5) is 0 Å². The Morgan fingerprint density at radius 1 is 1.08 bits per heavy atom. The Balaban J connectivity index is 2.28. The van der Waals surface area contributed by atoms with Gasteiger partial charge in [0.2, 0.25) is 0 Å². The fourth-order valence-electron chi connectivity index (χ4n) is 2.81. The second-order valence-electron chi connectivity index (χ2n) is 5.46. The van der Waals surface area contributed by atoms with E-state index in [2.05, 4.69) is 15.9 Å². The number of esters is 1. The van der Waals surface area contributed by atoms with E-state index in [0.717, 1.165) is 27.8 Å². The molecule has 0 unspecified atom stereocenters. The fourth-order valence-corrected chi connectivity index (χ4v) is 3.45. The zero-order chi connectivity index (χ0) is 18.7. The average Bonchev–Trinajstić information content (AvgIpc) is 3.03. The SMILES string of the molecule is COC(=O)c1ccccc1-n1c(C=O)cc(Br)c1-c1ccc(OC)cc1. The molecule has 0 N–H and O–H groups in total. The summed E-state index contributed by atoms with van der Waals surface area (Å²) in [5, 5.41) is 0. The third-order valence-electron chi connectivity index (χ3n) is 4.02. The Bertz CT molecular complexity index is 960. The zero-order valence-electron chi connectivity index (χ0n) is 14.2. The number of carbonyl (C=O) groups excluding carboxylic acids is 2. The van der Waals surface area contributed by atoms with Crippen LogP contribution < -0.4 is 4.74 Å². The molecule has 0 aliphatic heterocycles. The normalized spacial score (nSPS) is 10.4. The molecule has 2 aromatic carbocycles. The van der Waals surface area contributed by atoms with Crippen molar-refractivity contribution in [2.75, 3.05) is 14.2 Å². The molecule has 0 saturated carbocycles. The second-order valence-corrected chi connectivity index (χ2v) is 6.31. The zero-order valence-corrected chi connectivity index (χ0v) is 15.8. The lowest BCUT2D eigenvalue weighted by Crippen LogP contribution is -2.10. The van der Waals surface area contributed by atoms with Crippen LogP contribution in [0.15, 0.2) is 59.1 Å². The molecule has 1 aromatic heterocycles. The molecule has 6 heteroatoms. The van der Waals surface area contributed by atoms with E-state index < -0.39 is 5.97 Å². The van der Waals surface area contributed by atoms with E-state index in [0.29, 0.717) is 16.9 Å². The quantitative estimate of drug-likeness (QED) is 0.455. The molecule has 0 spiro atoms. The lowest BCUT2D eigenvalue weighted by Gasteiger charge is -2.15. The number of aldehydes is 1. The Hall–Kier alpha value is -2.86. The Morgan fingerprint density at radius 2 is 1.77 bits per heavy atom. The minimum atomic E-state index is -0.469. The molecule has 0 radical (unpaired) electrons. The predicted octanol–water partition coefficient (Wildman–Crippen LogP) is 4.51. The van der Waals surface area contributed by atoms with Gasteiger partial charge in [-0.1, -0.05) is 12.1 Å². The summed E-state index contributed by atoms with van der Waals surface area (Å²) in [6.07, 6.45) is 0.756. The molecule has 0 atom stereocenters. The first kappa shape index (κ1) is 17.9. The minimum absolute atomic E-state index is 0.371. The third-order valence-corrected chi connectivity index (χ3v) is 4.62. The molecule has 5 nitrogen and oxygen atoms in total. The van der Waals surface area contributed by atoms with Gasteiger partial charge in [0.1, 0.15) is 5.75 Å². The summed E-state index contributed by atoms with van der Waals surface area (Å²) in [6, 6.07) is 16.2. The number of carbonyl (C=O) groups is 2. The van der Waals surface area contributed by atoms with E-state index in [9.17, 15) is 9.59 Å². The second kappa shape index (κ2) is 7.58. The number of benzene rings is 2. The van der Waals surface area contributed by atoms with Gasteiger partial charge in [-0.2, -0.15) is 0 Å². The van der Waals surface area contributed by atoms with E-state index in [4.69, 9.17) is 9.47 Å². The Kier molecular flexibility index (Phi) is 5.23.